The van der Waals surface area contributed by atoms with Gasteiger partial charge in [0.15, 0.2) is 11.5 Å². The van der Waals surface area contributed by atoms with Gasteiger partial charge >= 0.3 is 0 Å². The Kier molecular flexibility index (Phi) is 4.62. The molecule has 1 fully saturated rings. The molecule has 4 rings (SSSR count). The van der Waals surface area contributed by atoms with E-state index in [0.717, 1.165) is 36.8 Å². The van der Waals surface area contributed by atoms with Crippen LogP contribution in [-0.4, -0.2) is 35.3 Å². The number of halogens is 1. The first-order valence-electron chi connectivity index (χ1n) is 9.20. The van der Waals surface area contributed by atoms with Crippen molar-refractivity contribution in [3.05, 3.63) is 34.9 Å². The number of rotatable bonds is 3. The third-order valence-electron chi connectivity index (χ3n) is 6.41. The van der Waals surface area contributed by atoms with Gasteiger partial charge in [-0.25, -0.2) is 4.99 Å². The molecule has 0 unspecified atom stereocenters. The van der Waals surface area contributed by atoms with Crippen molar-refractivity contribution in [1.82, 2.24) is 4.90 Å². The van der Waals surface area contributed by atoms with E-state index in [-0.39, 0.29) is 24.5 Å². The zero-order valence-electron chi connectivity index (χ0n) is 15.3. The van der Waals surface area contributed by atoms with Gasteiger partial charge in [0, 0.05) is 11.0 Å². The lowest BCUT2D eigenvalue weighted by molar-refractivity contribution is -0.139. The van der Waals surface area contributed by atoms with Crippen LogP contribution in [0.5, 0.6) is 0 Å². The molecule has 0 radical (unpaired) electrons. The number of nitrogens with two attached hydrogens (primary N) is 2. The van der Waals surface area contributed by atoms with Crippen LogP contribution >= 0.6 is 23.0 Å². The molecule has 2 spiro atoms. The highest BCUT2D eigenvalue weighted by atomic mass is 127. The fourth-order valence-corrected chi connectivity index (χ4v) is 5.62. The smallest absolute Gasteiger partial charge is 0.263 e. The first-order valence-corrected chi connectivity index (χ1v) is 10.1. The van der Waals surface area contributed by atoms with Crippen molar-refractivity contribution in [2.24, 2.45) is 21.9 Å². The van der Waals surface area contributed by atoms with E-state index in [2.05, 4.69) is 5.92 Å². The zero-order chi connectivity index (χ0) is 20.1. The van der Waals surface area contributed by atoms with Crippen molar-refractivity contribution >= 4 is 40.8 Å². The van der Waals surface area contributed by atoms with Crippen molar-refractivity contribution in [2.45, 2.75) is 43.7 Å². The standard InChI is InChI=1S/C20H21IN4O3/c1-2-12-3-4-13-10-19(7-5-14(28-21)6-8-19)20(15(13)9-12)17(27)25(11-16(22)26)18(23)24-20/h1,3-4,9,14H,5-8,10-11H2,(H2,22,26)(H2,23,24)/t14-,19-,20-/m1/s1. The highest BCUT2D eigenvalue weighted by Crippen LogP contribution is 2.62. The number of hydrogen-bond donors (Lipinski definition) is 2. The van der Waals surface area contributed by atoms with Gasteiger partial charge in [0.25, 0.3) is 5.91 Å². The largest absolute Gasteiger partial charge is 0.369 e. The summed E-state index contributed by atoms with van der Waals surface area (Å²) in [6.07, 6.45) is 9.69. The summed E-state index contributed by atoms with van der Waals surface area (Å²) in [7, 11) is 0. The van der Waals surface area contributed by atoms with Gasteiger partial charge in [0.2, 0.25) is 5.91 Å². The van der Waals surface area contributed by atoms with Gasteiger partial charge in [-0.2, -0.15) is 0 Å². The summed E-state index contributed by atoms with van der Waals surface area (Å²) < 4.78 is 5.51. The second-order valence-electron chi connectivity index (χ2n) is 7.80. The Hall–Kier alpha value is -2.12. The molecule has 1 aromatic rings. The van der Waals surface area contributed by atoms with Gasteiger partial charge in [-0.15, -0.1) is 6.42 Å². The van der Waals surface area contributed by atoms with Gasteiger partial charge in [-0.05, 0) is 55.4 Å². The van der Waals surface area contributed by atoms with Gasteiger partial charge in [-0.1, -0.05) is 12.0 Å². The Morgan fingerprint density at radius 1 is 1.43 bits per heavy atom. The number of nitrogens with zero attached hydrogens (tertiary/aromatic N) is 2. The van der Waals surface area contributed by atoms with Crippen LogP contribution in [0.3, 0.4) is 0 Å². The maximum absolute atomic E-state index is 13.7. The number of terminal acetylenes is 1. The first-order chi connectivity index (χ1) is 13.4. The molecule has 0 saturated heterocycles. The second kappa shape index (κ2) is 6.74. The minimum Gasteiger partial charge on any atom is -0.369 e. The van der Waals surface area contributed by atoms with Crippen LogP contribution < -0.4 is 11.5 Å². The first kappa shape index (κ1) is 19.2. The van der Waals surface area contributed by atoms with Gasteiger partial charge in [-0.3, -0.25) is 14.5 Å². The minimum absolute atomic E-state index is 0.0365. The summed E-state index contributed by atoms with van der Waals surface area (Å²) >= 11 is 1.94. The van der Waals surface area contributed by atoms with Crippen LogP contribution in [0.4, 0.5) is 0 Å². The molecule has 1 atom stereocenters. The number of guanidine groups is 1. The summed E-state index contributed by atoms with van der Waals surface area (Å²) in [5.41, 5.74) is 12.4. The van der Waals surface area contributed by atoms with Crippen molar-refractivity contribution in [3.63, 3.8) is 0 Å². The van der Waals surface area contributed by atoms with Crippen LogP contribution in [0, 0.1) is 17.8 Å². The Bertz CT molecular complexity index is 930. The minimum atomic E-state index is -1.16. The summed E-state index contributed by atoms with van der Waals surface area (Å²) in [4.78, 5) is 31.2. The van der Waals surface area contributed by atoms with Crippen LogP contribution in [-0.2, 0) is 24.6 Å². The van der Waals surface area contributed by atoms with E-state index in [1.807, 2.05) is 41.2 Å². The lowest BCUT2D eigenvalue weighted by atomic mass is 9.61. The molecule has 2 aliphatic carbocycles. The van der Waals surface area contributed by atoms with Crippen LogP contribution in [0.25, 0.3) is 0 Å². The molecule has 1 aromatic carbocycles. The number of benzene rings is 1. The van der Waals surface area contributed by atoms with Crippen molar-refractivity contribution < 1.29 is 12.7 Å². The van der Waals surface area contributed by atoms with E-state index in [0.29, 0.717) is 12.0 Å². The molecule has 0 bridgehead atoms. The van der Waals surface area contributed by atoms with Crippen LogP contribution in [0.15, 0.2) is 23.2 Å². The SMILES string of the molecule is C#Cc1ccc2c(c1)[C@]1(N=C(N)N(CC(N)=O)C1=O)[C@]1(CC[C@H](OI)CC1)C2. The summed E-state index contributed by atoms with van der Waals surface area (Å²) in [6.45, 7) is -0.282. The highest BCUT2D eigenvalue weighted by Gasteiger charge is 2.66. The van der Waals surface area contributed by atoms with E-state index in [9.17, 15) is 9.59 Å². The summed E-state index contributed by atoms with van der Waals surface area (Å²) in [6, 6.07) is 5.74. The molecule has 0 aromatic heterocycles. The molecule has 7 nitrogen and oxygen atoms in total. The molecule has 1 heterocycles. The van der Waals surface area contributed by atoms with E-state index in [1.54, 1.807) is 0 Å². The number of hydrogen-bond acceptors (Lipinski definition) is 5. The normalized spacial score (nSPS) is 31.1. The lowest BCUT2D eigenvalue weighted by Crippen LogP contribution is -2.53. The Morgan fingerprint density at radius 3 is 2.75 bits per heavy atom. The van der Waals surface area contributed by atoms with Gasteiger partial charge in [0.1, 0.15) is 29.6 Å². The second-order valence-corrected chi connectivity index (χ2v) is 8.31. The average Bonchev–Trinajstić information content (AvgIpc) is 3.09. The molecule has 8 heteroatoms. The third-order valence-corrected chi connectivity index (χ3v) is 7.12. The maximum atomic E-state index is 13.7. The average molecular weight is 492 g/mol. The Morgan fingerprint density at radius 2 is 2.14 bits per heavy atom. The van der Waals surface area contributed by atoms with Crippen LogP contribution in [0.1, 0.15) is 42.4 Å². The predicted molar refractivity (Wildman–Crippen MR) is 112 cm³/mol. The fourth-order valence-electron chi connectivity index (χ4n) is 5.12. The van der Waals surface area contributed by atoms with E-state index >= 15 is 0 Å². The van der Waals surface area contributed by atoms with E-state index in [1.165, 1.54) is 4.90 Å². The fraction of sp³-hybridized carbons (Fsp3) is 0.450. The van der Waals surface area contributed by atoms with Crippen LogP contribution in [0.2, 0.25) is 0 Å². The molecule has 1 aliphatic heterocycles. The number of primary amides is 1. The number of carbonyl (C=O) groups excluding carboxylic acids is 2. The number of amides is 2. The number of fused-ring (bicyclic) bond motifs is 3. The molecule has 146 valence electrons. The van der Waals surface area contributed by atoms with E-state index < -0.39 is 16.9 Å². The zero-order valence-corrected chi connectivity index (χ0v) is 17.4. The third kappa shape index (κ3) is 2.56. The highest BCUT2D eigenvalue weighted by molar-refractivity contribution is 14.1. The van der Waals surface area contributed by atoms with Crippen molar-refractivity contribution in [3.8, 4) is 12.3 Å². The van der Waals surface area contributed by atoms with Gasteiger partial charge < -0.3 is 14.5 Å². The molecule has 1 saturated carbocycles. The Balaban J connectivity index is 1.87. The quantitative estimate of drug-likeness (QED) is 0.491. The predicted octanol–water partition coefficient (Wildman–Crippen LogP) is 1.36. The summed E-state index contributed by atoms with van der Waals surface area (Å²) in [5.74, 6) is 1.76. The summed E-state index contributed by atoms with van der Waals surface area (Å²) in [5, 5.41) is 0. The van der Waals surface area contributed by atoms with Crippen molar-refractivity contribution in [1.29, 1.82) is 0 Å². The molecular formula is C20H21IN4O3. The Labute approximate surface area is 177 Å². The molecule has 4 N–H and O–H groups in total. The molecule has 3 aliphatic rings. The molecular weight excluding hydrogens is 471 g/mol. The van der Waals surface area contributed by atoms with E-state index in [4.69, 9.17) is 25.9 Å². The number of aliphatic imine (C=N–C) groups is 1. The topological polar surface area (TPSA) is 111 Å². The lowest BCUT2D eigenvalue weighted by Gasteiger charge is -2.45. The van der Waals surface area contributed by atoms with Gasteiger partial charge in [0.05, 0.1) is 6.10 Å². The monoisotopic (exact) mass is 492 g/mol. The van der Waals surface area contributed by atoms with Crippen molar-refractivity contribution in [2.75, 3.05) is 6.54 Å². The number of carbonyl (C=O) groups is 2. The molecule has 2 amide bonds. The molecule has 28 heavy (non-hydrogen) atoms. The maximum Gasteiger partial charge on any atom is 0.263 e.